The van der Waals surface area contributed by atoms with E-state index in [1.165, 1.54) is 74.6 Å². The third kappa shape index (κ3) is 7.07. The number of hydrogen-bond acceptors (Lipinski definition) is 13. The van der Waals surface area contributed by atoms with Gasteiger partial charge in [0.05, 0.1) is 21.8 Å². The van der Waals surface area contributed by atoms with E-state index in [4.69, 9.17) is 9.47 Å². The number of benzene rings is 2. The van der Waals surface area contributed by atoms with Crippen molar-refractivity contribution in [3.05, 3.63) is 103 Å². The van der Waals surface area contributed by atoms with Crippen molar-refractivity contribution in [3.63, 3.8) is 0 Å². The number of nitrogens with zero attached hydrogens (tertiary/aromatic N) is 5. The molecule has 2 aliphatic rings. The van der Waals surface area contributed by atoms with Gasteiger partial charge in [-0.1, -0.05) is 23.9 Å². The van der Waals surface area contributed by atoms with Gasteiger partial charge in [-0.2, -0.15) is 0 Å². The van der Waals surface area contributed by atoms with E-state index >= 15 is 0 Å². The first-order valence-electron chi connectivity index (χ1n) is 14.2. The average Bonchev–Trinajstić information content (AvgIpc) is 3.29. The Hall–Kier alpha value is -5.91. The molecule has 248 valence electrons. The Morgan fingerprint density at radius 2 is 1.62 bits per heavy atom. The van der Waals surface area contributed by atoms with Gasteiger partial charge in [-0.3, -0.25) is 29.8 Å². The SMILES string of the molecule is CC(=O)Nc1ccnc(SC2=C(C(=O)O)N3C(=O)C(C(C)OC(=O)OCc4ccc([N+](=O)[O-])cc4)C3C2Cc2ccc([N+](=O)[O-])cc2)n1. The molecular weight excluding hydrogens is 652 g/mol. The zero-order valence-electron chi connectivity index (χ0n) is 25.2. The van der Waals surface area contributed by atoms with E-state index in [2.05, 4.69) is 15.3 Å². The van der Waals surface area contributed by atoms with Gasteiger partial charge in [0.1, 0.15) is 24.2 Å². The molecule has 3 heterocycles. The van der Waals surface area contributed by atoms with Gasteiger partial charge in [-0.15, -0.1) is 0 Å². The quantitative estimate of drug-likeness (QED) is 0.0903. The molecule has 0 radical (unpaired) electrons. The minimum absolute atomic E-state index is 0.0920. The van der Waals surface area contributed by atoms with Crippen LogP contribution in [-0.4, -0.2) is 65.9 Å². The first-order chi connectivity index (χ1) is 22.8. The molecule has 2 aromatic carbocycles. The lowest BCUT2D eigenvalue weighted by molar-refractivity contribution is -0.385. The van der Waals surface area contributed by atoms with Crippen molar-refractivity contribution in [1.82, 2.24) is 14.9 Å². The number of carboxylic acids is 1. The summed E-state index contributed by atoms with van der Waals surface area (Å²) in [6.07, 6.45) is -0.657. The number of carboxylic acid groups (broad SMARTS) is 1. The molecule has 4 unspecified atom stereocenters. The van der Waals surface area contributed by atoms with Gasteiger partial charge in [0, 0.05) is 48.2 Å². The summed E-state index contributed by atoms with van der Waals surface area (Å²) in [5, 5.41) is 35.0. The van der Waals surface area contributed by atoms with Crippen LogP contribution in [0.1, 0.15) is 25.0 Å². The van der Waals surface area contributed by atoms with E-state index in [0.717, 1.165) is 16.7 Å². The predicted octanol–water partition coefficient (Wildman–Crippen LogP) is 4.08. The van der Waals surface area contributed by atoms with Gasteiger partial charge in [0.2, 0.25) is 11.8 Å². The fourth-order valence-electron chi connectivity index (χ4n) is 5.56. The molecule has 0 bridgehead atoms. The summed E-state index contributed by atoms with van der Waals surface area (Å²) >= 11 is 0.899. The summed E-state index contributed by atoms with van der Waals surface area (Å²) in [4.78, 5) is 81.1. The van der Waals surface area contributed by atoms with Gasteiger partial charge in [-0.05, 0) is 42.7 Å². The number of aliphatic carboxylic acids is 1. The number of rotatable bonds is 12. The molecule has 0 saturated carbocycles. The van der Waals surface area contributed by atoms with Crippen LogP contribution >= 0.6 is 11.8 Å². The number of carbonyl (C=O) groups excluding carboxylic acids is 3. The van der Waals surface area contributed by atoms with Crippen molar-refractivity contribution in [2.75, 3.05) is 5.32 Å². The fraction of sp³-hybridized carbons (Fsp3) is 0.267. The molecule has 2 N–H and O–H groups in total. The van der Waals surface area contributed by atoms with Crippen molar-refractivity contribution in [2.45, 2.75) is 44.2 Å². The van der Waals surface area contributed by atoms with Crippen LogP contribution in [0, 0.1) is 32.1 Å². The van der Waals surface area contributed by atoms with Crippen LogP contribution in [0.5, 0.6) is 0 Å². The molecular formula is C30H26N6O11S. The minimum atomic E-state index is -1.39. The number of anilines is 1. The monoisotopic (exact) mass is 678 g/mol. The van der Waals surface area contributed by atoms with Crippen molar-refractivity contribution in [1.29, 1.82) is 0 Å². The number of thioether (sulfide) groups is 1. The first kappa shape index (κ1) is 33.5. The Kier molecular flexibility index (Phi) is 9.64. The first-order valence-corrected chi connectivity index (χ1v) is 15.0. The number of fused-ring (bicyclic) bond motifs is 1. The van der Waals surface area contributed by atoms with Crippen LogP contribution in [-0.2, 0) is 36.9 Å². The van der Waals surface area contributed by atoms with Crippen LogP contribution in [0.15, 0.2) is 76.6 Å². The van der Waals surface area contributed by atoms with Crippen LogP contribution in [0.3, 0.4) is 0 Å². The van der Waals surface area contributed by atoms with E-state index in [1.54, 1.807) is 0 Å². The van der Waals surface area contributed by atoms with Crippen molar-refractivity contribution < 1.29 is 43.6 Å². The van der Waals surface area contributed by atoms with Crippen molar-refractivity contribution in [2.24, 2.45) is 11.8 Å². The maximum atomic E-state index is 13.5. The lowest BCUT2D eigenvalue weighted by Gasteiger charge is -2.47. The largest absolute Gasteiger partial charge is 0.508 e. The molecule has 5 rings (SSSR count). The van der Waals surface area contributed by atoms with E-state index in [9.17, 15) is 44.5 Å². The predicted molar refractivity (Wildman–Crippen MR) is 165 cm³/mol. The molecule has 18 heteroatoms. The van der Waals surface area contributed by atoms with Crippen molar-refractivity contribution >= 4 is 52.9 Å². The van der Waals surface area contributed by atoms with E-state index in [-0.39, 0.29) is 51.9 Å². The molecule has 3 aromatic rings. The van der Waals surface area contributed by atoms with Crippen LogP contribution in [0.4, 0.5) is 22.0 Å². The molecule has 0 spiro atoms. The molecule has 48 heavy (non-hydrogen) atoms. The molecule has 2 amide bonds. The summed E-state index contributed by atoms with van der Waals surface area (Å²) in [5.41, 5.74) is 0.479. The van der Waals surface area contributed by atoms with E-state index in [1.807, 2.05) is 0 Å². The molecule has 0 aliphatic carbocycles. The summed E-state index contributed by atoms with van der Waals surface area (Å²) in [7, 11) is 0. The Bertz CT molecular complexity index is 1830. The van der Waals surface area contributed by atoms with Crippen LogP contribution < -0.4 is 5.32 Å². The Morgan fingerprint density at radius 3 is 2.19 bits per heavy atom. The second kappa shape index (κ2) is 13.8. The van der Waals surface area contributed by atoms with E-state index < -0.39 is 51.9 Å². The number of nitrogens with one attached hydrogen (secondary N) is 1. The molecule has 1 fully saturated rings. The lowest BCUT2D eigenvalue weighted by Crippen LogP contribution is -2.64. The smallest absolute Gasteiger partial charge is 0.477 e. The highest BCUT2D eigenvalue weighted by atomic mass is 32.2. The van der Waals surface area contributed by atoms with Gasteiger partial charge in [0.15, 0.2) is 5.16 Å². The summed E-state index contributed by atoms with van der Waals surface area (Å²) in [5.74, 6) is -3.89. The average molecular weight is 679 g/mol. The minimum Gasteiger partial charge on any atom is -0.477 e. The zero-order chi connectivity index (χ0) is 34.7. The second-order valence-electron chi connectivity index (χ2n) is 10.8. The summed E-state index contributed by atoms with van der Waals surface area (Å²) < 4.78 is 10.6. The number of aromatic nitrogens is 2. The molecule has 4 atom stereocenters. The lowest BCUT2D eigenvalue weighted by atomic mass is 9.76. The number of ether oxygens (including phenoxy) is 2. The molecule has 17 nitrogen and oxygen atoms in total. The highest BCUT2D eigenvalue weighted by molar-refractivity contribution is 8.03. The molecule has 1 aromatic heterocycles. The third-order valence-corrected chi connectivity index (χ3v) is 8.74. The van der Waals surface area contributed by atoms with Gasteiger partial charge >= 0.3 is 12.1 Å². The highest BCUT2D eigenvalue weighted by Crippen LogP contribution is 2.53. The number of carbonyl (C=O) groups is 4. The normalized spacial score (nSPS) is 18.8. The Labute approximate surface area is 275 Å². The molecule has 1 saturated heterocycles. The summed E-state index contributed by atoms with van der Waals surface area (Å²) in [6.45, 7) is 2.51. The van der Waals surface area contributed by atoms with Gasteiger partial charge < -0.3 is 24.8 Å². The third-order valence-electron chi connectivity index (χ3n) is 7.65. The number of hydrogen-bond donors (Lipinski definition) is 2. The van der Waals surface area contributed by atoms with E-state index in [0.29, 0.717) is 11.1 Å². The topological polar surface area (TPSA) is 234 Å². The Balaban J connectivity index is 1.40. The second-order valence-corrected chi connectivity index (χ2v) is 11.8. The maximum Gasteiger partial charge on any atom is 0.508 e. The summed E-state index contributed by atoms with van der Waals surface area (Å²) in [6, 6.07) is 11.7. The standard InChI is InChI=1S/C30H26N6O11S/c1-15(47-30(41)46-14-18-5-9-20(10-6-18)36(44)45)23-24-21(13-17-3-7-19(8-4-17)35(42)43)26(25(28(39)40)34(24)27(23)38)48-29-31-12-11-22(33-29)32-16(2)37/h3-12,15,21,23-24H,13-14H2,1-2H3,(H,39,40)(H,31,32,33,37). The van der Waals surface area contributed by atoms with Crippen LogP contribution in [0.2, 0.25) is 0 Å². The van der Waals surface area contributed by atoms with Crippen LogP contribution in [0.25, 0.3) is 0 Å². The number of non-ortho nitro benzene ring substituents is 2. The maximum absolute atomic E-state index is 13.5. The highest BCUT2D eigenvalue weighted by Gasteiger charge is 2.62. The number of β-lactam (4-membered cyclic amide) rings is 1. The number of amides is 2. The van der Waals surface area contributed by atoms with Gasteiger partial charge in [0.25, 0.3) is 11.4 Å². The fourth-order valence-corrected chi connectivity index (χ4v) is 6.67. The zero-order valence-corrected chi connectivity index (χ0v) is 26.0. The van der Waals surface area contributed by atoms with Crippen molar-refractivity contribution in [3.8, 4) is 0 Å². The Morgan fingerprint density at radius 1 is 1.02 bits per heavy atom. The number of nitro groups is 2. The molecule has 2 aliphatic heterocycles. The number of nitro benzene ring substituents is 2. The van der Waals surface area contributed by atoms with Gasteiger partial charge in [-0.25, -0.2) is 19.6 Å².